The lowest BCUT2D eigenvalue weighted by molar-refractivity contribution is -0.162. The van der Waals surface area contributed by atoms with Crippen LogP contribution >= 0.6 is 0 Å². The highest BCUT2D eigenvalue weighted by Crippen LogP contribution is 2.36. The zero-order valence-corrected chi connectivity index (χ0v) is 27.0. The van der Waals surface area contributed by atoms with Gasteiger partial charge in [0.1, 0.15) is 6.10 Å². The second kappa shape index (κ2) is 20.2. The molecule has 2 unspecified atom stereocenters. The van der Waals surface area contributed by atoms with Gasteiger partial charge in [-0.05, 0) is 77.2 Å². The Morgan fingerprint density at radius 2 is 1.55 bits per heavy atom. The summed E-state index contributed by atoms with van der Waals surface area (Å²) in [7, 11) is 2.22. The van der Waals surface area contributed by atoms with Crippen LogP contribution in [0.3, 0.4) is 0 Å². The van der Waals surface area contributed by atoms with Crippen LogP contribution in [-0.2, 0) is 23.4 Å². The van der Waals surface area contributed by atoms with E-state index in [9.17, 15) is 4.79 Å². The van der Waals surface area contributed by atoms with Crippen molar-refractivity contribution in [3.8, 4) is 0 Å². The van der Waals surface area contributed by atoms with Crippen molar-refractivity contribution in [2.75, 3.05) is 47.1 Å². The minimum atomic E-state index is -1.81. The largest absolute Gasteiger partial charge is 0.508 e. The molecule has 0 aromatic heterocycles. The topological polar surface area (TPSA) is 66.5 Å². The quantitative estimate of drug-likeness (QED) is 0.0803. The Morgan fingerprint density at radius 1 is 0.895 bits per heavy atom. The molecule has 2 atom stereocenters. The lowest BCUT2D eigenvalue weighted by Gasteiger charge is -2.36. The van der Waals surface area contributed by atoms with Gasteiger partial charge < -0.3 is 28.3 Å². The summed E-state index contributed by atoms with van der Waals surface area (Å²) in [4.78, 5) is 14.4. The molecule has 1 rings (SSSR count). The van der Waals surface area contributed by atoms with Gasteiger partial charge in [0.05, 0.1) is 6.61 Å². The summed E-state index contributed by atoms with van der Waals surface area (Å²) in [6, 6.07) is 0. The predicted molar refractivity (Wildman–Crippen MR) is 158 cm³/mol. The Kier molecular flexibility index (Phi) is 18.8. The Morgan fingerprint density at radius 3 is 2.16 bits per heavy atom. The van der Waals surface area contributed by atoms with Gasteiger partial charge in [-0.15, -0.1) is 0 Å². The van der Waals surface area contributed by atoms with Gasteiger partial charge in [-0.3, -0.25) is 0 Å². The third-order valence-corrected chi connectivity index (χ3v) is 12.3. The Balaban J connectivity index is 2.21. The molecule has 0 bridgehead atoms. The van der Waals surface area contributed by atoms with Crippen molar-refractivity contribution in [1.82, 2.24) is 4.90 Å². The van der Waals surface area contributed by atoms with E-state index >= 15 is 0 Å². The number of rotatable bonds is 21. The van der Waals surface area contributed by atoms with Crippen LogP contribution in [0.25, 0.3) is 0 Å². The van der Waals surface area contributed by atoms with Gasteiger partial charge in [0.25, 0.3) is 0 Å². The first kappa shape index (κ1) is 35.4. The first-order chi connectivity index (χ1) is 18.0. The standard InChI is InChI=1S/C30H61NO6Si/c1-30(2,3)38(6,7)36-26-21-27(37-29(32)35-25-18-22-31(4)5)19-14-12-10-8-9-11-13-16-23-33-28-20-15-17-24-34-28/h27-28H,8-26H2,1-7H3. The van der Waals surface area contributed by atoms with Crippen molar-refractivity contribution in [1.29, 1.82) is 0 Å². The van der Waals surface area contributed by atoms with Gasteiger partial charge in [0, 0.05) is 32.8 Å². The third-order valence-electron chi connectivity index (χ3n) is 7.80. The predicted octanol–water partition coefficient (Wildman–Crippen LogP) is 7.93. The molecule has 1 aliphatic rings. The first-order valence-electron chi connectivity index (χ1n) is 15.4. The van der Waals surface area contributed by atoms with Gasteiger partial charge in [0.15, 0.2) is 14.6 Å². The molecule has 38 heavy (non-hydrogen) atoms. The van der Waals surface area contributed by atoms with Crippen molar-refractivity contribution in [2.45, 2.75) is 141 Å². The summed E-state index contributed by atoms with van der Waals surface area (Å²) in [5.41, 5.74) is 0. The second-order valence-corrected chi connectivity index (χ2v) is 17.5. The second-order valence-electron chi connectivity index (χ2n) is 12.7. The van der Waals surface area contributed by atoms with Crippen molar-refractivity contribution >= 4 is 14.5 Å². The van der Waals surface area contributed by atoms with Crippen LogP contribution in [0.15, 0.2) is 0 Å². The number of carbonyl (C=O) groups is 1. The SMILES string of the molecule is CN(C)CCCOC(=O)OC(CCCCCCCCCCOC1CCCCO1)CCO[Si](C)(C)C(C)(C)C. The molecule has 1 heterocycles. The smallest absolute Gasteiger partial charge is 0.434 e. The number of nitrogens with zero attached hydrogens (tertiary/aromatic N) is 1. The van der Waals surface area contributed by atoms with E-state index in [4.69, 9.17) is 23.4 Å². The minimum Gasteiger partial charge on any atom is -0.434 e. The van der Waals surface area contributed by atoms with Crippen LogP contribution in [0.4, 0.5) is 4.79 Å². The average molecular weight is 560 g/mol. The fourth-order valence-electron chi connectivity index (χ4n) is 4.22. The van der Waals surface area contributed by atoms with Crippen LogP contribution in [0.1, 0.15) is 111 Å². The fraction of sp³-hybridized carbons (Fsp3) is 0.967. The molecule has 0 aromatic carbocycles. The number of ether oxygens (including phenoxy) is 4. The van der Waals surface area contributed by atoms with E-state index in [1.165, 1.54) is 51.4 Å². The minimum absolute atomic E-state index is 0.0418. The normalized spacial score (nSPS) is 17.5. The molecule has 0 amide bonds. The van der Waals surface area contributed by atoms with Crippen molar-refractivity contribution < 1.29 is 28.2 Å². The van der Waals surface area contributed by atoms with Gasteiger partial charge >= 0.3 is 6.16 Å². The van der Waals surface area contributed by atoms with E-state index < -0.39 is 14.5 Å². The highest BCUT2D eigenvalue weighted by molar-refractivity contribution is 6.74. The van der Waals surface area contributed by atoms with Crippen LogP contribution in [-0.4, -0.2) is 78.8 Å². The Hall–Kier alpha value is -0.673. The highest BCUT2D eigenvalue weighted by Gasteiger charge is 2.37. The van der Waals surface area contributed by atoms with Crippen molar-refractivity contribution in [3.05, 3.63) is 0 Å². The maximum atomic E-state index is 12.3. The summed E-state index contributed by atoms with van der Waals surface area (Å²) < 4.78 is 28.8. The average Bonchev–Trinajstić information content (AvgIpc) is 2.84. The molecule has 226 valence electrons. The molecule has 0 spiro atoms. The molecule has 1 saturated heterocycles. The summed E-state index contributed by atoms with van der Waals surface area (Å²) >= 11 is 0. The molecule has 0 aliphatic carbocycles. The van der Waals surface area contributed by atoms with Crippen LogP contribution in [0, 0.1) is 0 Å². The molecular formula is C30H61NO6Si. The summed E-state index contributed by atoms with van der Waals surface area (Å²) in [5, 5.41) is 0.172. The van der Waals surface area contributed by atoms with Crippen molar-refractivity contribution in [3.63, 3.8) is 0 Å². The number of hydrogen-bond donors (Lipinski definition) is 0. The molecule has 0 saturated carbocycles. The van der Waals surface area contributed by atoms with E-state index in [1.54, 1.807) is 0 Å². The lowest BCUT2D eigenvalue weighted by Crippen LogP contribution is -2.41. The zero-order valence-electron chi connectivity index (χ0n) is 26.0. The molecule has 0 aromatic rings. The summed E-state index contributed by atoms with van der Waals surface area (Å²) in [6.07, 6.45) is 14.8. The van der Waals surface area contributed by atoms with Crippen LogP contribution < -0.4 is 0 Å². The lowest BCUT2D eigenvalue weighted by atomic mass is 10.0. The van der Waals surface area contributed by atoms with Gasteiger partial charge in [-0.25, -0.2) is 4.79 Å². The maximum Gasteiger partial charge on any atom is 0.508 e. The number of hydrogen-bond acceptors (Lipinski definition) is 7. The van der Waals surface area contributed by atoms with E-state index in [0.29, 0.717) is 13.2 Å². The van der Waals surface area contributed by atoms with E-state index in [2.05, 4.69) is 38.8 Å². The maximum absolute atomic E-state index is 12.3. The van der Waals surface area contributed by atoms with Gasteiger partial charge in [0.2, 0.25) is 0 Å². The van der Waals surface area contributed by atoms with Gasteiger partial charge in [-0.1, -0.05) is 59.3 Å². The van der Waals surface area contributed by atoms with Gasteiger partial charge in [-0.2, -0.15) is 0 Å². The first-order valence-corrected chi connectivity index (χ1v) is 18.3. The molecule has 7 nitrogen and oxygen atoms in total. The molecule has 1 aliphatic heterocycles. The fourth-order valence-corrected chi connectivity index (χ4v) is 5.28. The van der Waals surface area contributed by atoms with E-state index in [0.717, 1.165) is 58.3 Å². The molecule has 0 N–H and O–H groups in total. The summed E-state index contributed by atoms with van der Waals surface area (Å²) in [6.45, 7) is 14.9. The molecule has 1 fully saturated rings. The monoisotopic (exact) mass is 559 g/mol. The number of unbranched alkanes of at least 4 members (excludes halogenated alkanes) is 7. The molecular weight excluding hydrogens is 498 g/mol. The Bertz CT molecular complexity index is 590. The highest BCUT2D eigenvalue weighted by atomic mass is 28.4. The zero-order chi connectivity index (χ0) is 28.3. The number of carbonyl (C=O) groups excluding carboxylic acids is 1. The van der Waals surface area contributed by atoms with E-state index in [-0.39, 0.29) is 17.4 Å². The molecule has 0 radical (unpaired) electrons. The van der Waals surface area contributed by atoms with Crippen LogP contribution in [0.2, 0.25) is 18.1 Å². The van der Waals surface area contributed by atoms with Crippen LogP contribution in [0.5, 0.6) is 0 Å². The Labute approximate surface area is 235 Å². The third kappa shape index (κ3) is 17.8. The summed E-state index contributed by atoms with van der Waals surface area (Å²) in [5.74, 6) is 0. The van der Waals surface area contributed by atoms with Crippen molar-refractivity contribution in [2.24, 2.45) is 0 Å². The molecule has 8 heteroatoms. The van der Waals surface area contributed by atoms with E-state index in [1.807, 2.05) is 14.1 Å².